The molecule has 3 rings (SSSR count). The summed E-state index contributed by atoms with van der Waals surface area (Å²) in [6, 6.07) is 10.2. The molecule has 0 aliphatic rings. The third-order valence-electron chi connectivity index (χ3n) is 4.04. The lowest BCUT2D eigenvalue weighted by Gasteiger charge is -2.19. The van der Waals surface area contributed by atoms with Gasteiger partial charge in [-0.25, -0.2) is 17.1 Å². The van der Waals surface area contributed by atoms with Crippen LogP contribution >= 0.6 is 0 Å². The van der Waals surface area contributed by atoms with Gasteiger partial charge in [-0.1, -0.05) is 17.7 Å². The van der Waals surface area contributed by atoms with Crippen molar-refractivity contribution in [1.29, 1.82) is 0 Å². The highest BCUT2D eigenvalue weighted by Gasteiger charge is 2.16. The number of anilines is 2. The topological polar surface area (TPSA) is 84.3 Å². The molecule has 0 fully saturated rings. The number of nitrogens with zero attached hydrogens (tertiary/aromatic N) is 3. The molecule has 7 nitrogen and oxygen atoms in total. The summed E-state index contributed by atoms with van der Waals surface area (Å²) < 4.78 is 40.4. The fourth-order valence-electron chi connectivity index (χ4n) is 2.70. The van der Waals surface area contributed by atoms with E-state index in [1.807, 2.05) is 6.92 Å². The summed E-state index contributed by atoms with van der Waals surface area (Å²) in [6.45, 7) is 2.09. The van der Waals surface area contributed by atoms with E-state index in [1.165, 1.54) is 6.07 Å². The first-order chi connectivity index (χ1) is 13.3. The SMILES string of the molecule is Cc1ccc(N(c2cc(F)cc(C(=O)NCc3cnn(C)c3)c2)[SH](=O)=O)cc1. The summed E-state index contributed by atoms with van der Waals surface area (Å²) in [4.78, 5) is 12.4. The molecule has 3 aromatic rings. The van der Waals surface area contributed by atoms with Gasteiger partial charge in [0.1, 0.15) is 5.82 Å². The molecule has 0 bridgehead atoms. The van der Waals surface area contributed by atoms with Crippen molar-refractivity contribution < 1.29 is 17.6 Å². The summed E-state index contributed by atoms with van der Waals surface area (Å²) in [5, 5.41) is 6.68. The molecule has 2 aromatic carbocycles. The van der Waals surface area contributed by atoms with Gasteiger partial charge in [0.15, 0.2) is 0 Å². The number of halogens is 1. The van der Waals surface area contributed by atoms with E-state index in [2.05, 4.69) is 10.4 Å². The third kappa shape index (κ3) is 4.55. The Hall–Kier alpha value is -3.20. The zero-order valence-corrected chi connectivity index (χ0v) is 16.2. The van der Waals surface area contributed by atoms with Gasteiger partial charge in [-0.15, -0.1) is 0 Å². The minimum absolute atomic E-state index is 0.0212. The summed E-state index contributed by atoms with van der Waals surface area (Å²) in [5.74, 6) is -1.23. The van der Waals surface area contributed by atoms with E-state index in [4.69, 9.17) is 0 Å². The minimum atomic E-state index is -3.09. The van der Waals surface area contributed by atoms with E-state index in [0.29, 0.717) is 5.69 Å². The van der Waals surface area contributed by atoms with Crippen LogP contribution in [0, 0.1) is 12.7 Å². The van der Waals surface area contributed by atoms with Crippen LogP contribution in [0.4, 0.5) is 15.8 Å². The van der Waals surface area contributed by atoms with Crippen molar-refractivity contribution >= 4 is 28.2 Å². The van der Waals surface area contributed by atoms with Crippen LogP contribution in [0.3, 0.4) is 0 Å². The Balaban J connectivity index is 1.88. The summed E-state index contributed by atoms with van der Waals surface area (Å²) in [5.41, 5.74) is 2.17. The number of aromatic nitrogens is 2. The zero-order chi connectivity index (χ0) is 20.3. The number of nitrogens with one attached hydrogen (secondary N) is 1. The van der Waals surface area contributed by atoms with Crippen molar-refractivity contribution in [2.45, 2.75) is 13.5 Å². The van der Waals surface area contributed by atoms with Gasteiger partial charge in [0.2, 0.25) is 10.9 Å². The molecule has 1 amide bonds. The van der Waals surface area contributed by atoms with Crippen LogP contribution in [-0.2, 0) is 24.5 Å². The summed E-state index contributed by atoms with van der Waals surface area (Å²) in [6.07, 6.45) is 3.36. The Morgan fingerprint density at radius 1 is 1.18 bits per heavy atom. The quantitative estimate of drug-likeness (QED) is 0.621. The summed E-state index contributed by atoms with van der Waals surface area (Å²) in [7, 11) is -1.33. The van der Waals surface area contributed by atoms with Crippen molar-refractivity contribution in [3.8, 4) is 0 Å². The zero-order valence-electron chi connectivity index (χ0n) is 15.3. The van der Waals surface area contributed by atoms with Crippen LogP contribution < -0.4 is 9.62 Å². The largest absolute Gasteiger partial charge is 0.348 e. The molecule has 9 heteroatoms. The van der Waals surface area contributed by atoms with E-state index in [1.54, 1.807) is 48.4 Å². The molecular weight excluding hydrogens is 383 g/mol. The molecule has 0 atom stereocenters. The molecule has 1 aromatic heterocycles. The lowest BCUT2D eigenvalue weighted by atomic mass is 10.1. The van der Waals surface area contributed by atoms with Gasteiger partial charge in [0.05, 0.1) is 17.6 Å². The van der Waals surface area contributed by atoms with Gasteiger partial charge in [-0.2, -0.15) is 5.10 Å². The first-order valence-corrected chi connectivity index (χ1v) is 9.54. The third-order valence-corrected chi connectivity index (χ3v) is 4.83. The lowest BCUT2D eigenvalue weighted by Crippen LogP contribution is -2.23. The number of hydrogen-bond acceptors (Lipinski definition) is 4. The van der Waals surface area contributed by atoms with E-state index < -0.39 is 22.6 Å². The average Bonchev–Trinajstić information content (AvgIpc) is 3.06. The second-order valence-corrected chi connectivity index (χ2v) is 7.16. The summed E-state index contributed by atoms with van der Waals surface area (Å²) >= 11 is 0. The van der Waals surface area contributed by atoms with E-state index >= 15 is 0 Å². The fourth-order valence-corrected chi connectivity index (χ4v) is 3.32. The molecule has 1 heterocycles. The normalized spacial score (nSPS) is 10.9. The first-order valence-electron chi connectivity index (χ1n) is 8.41. The number of thiol groups is 1. The van der Waals surface area contributed by atoms with Crippen molar-refractivity contribution in [1.82, 2.24) is 15.1 Å². The molecule has 0 radical (unpaired) electrons. The second kappa shape index (κ2) is 8.22. The van der Waals surface area contributed by atoms with Gasteiger partial charge in [0, 0.05) is 30.9 Å². The minimum Gasteiger partial charge on any atom is -0.348 e. The maximum atomic E-state index is 14.1. The van der Waals surface area contributed by atoms with Crippen LogP contribution in [0.25, 0.3) is 0 Å². The van der Waals surface area contributed by atoms with Crippen LogP contribution in [0.2, 0.25) is 0 Å². The maximum absolute atomic E-state index is 14.1. The van der Waals surface area contributed by atoms with Gasteiger partial charge >= 0.3 is 0 Å². The number of hydrogen-bond donors (Lipinski definition) is 2. The molecule has 1 N–H and O–H groups in total. The first kappa shape index (κ1) is 19.6. The molecule has 0 spiro atoms. The predicted octanol–water partition coefficient (Wildman–Crippen LogP) is 2.46. The highest BCUT2D eigenvalue weighted by atomic mass is 32.2. The van der Waals surface area contributed by atoms with Crippen molar-refractivity contribution in [2.24, 2.45) is 7.05 Å². The average molecular weight is 402 g/mol. The van der Waals surface area contributed by atoms with Crippen LogP contribution in [0.15, 0.2) is 54.9 Å². The van der Waals surface area contributed by atoms with Crippen LogP contribution in [-0.4, -0.2) is 24.1 Å². The van der Waals surface area contributed by atoms with Crippen molar-refractivity contribution in [3.63, 3.8) is 0 Å². The number of benzene rings is 2. The number of carbonyl (C=O) groups is 1. The molecular formula is C19H19FN4O3S. The van der Waals surface area contributed by atoms with E-state index in [-0.39, 0.29) is 17.8 Å². The Kier molecular flexibility index (Phi) is 5.74. The number of amides is 1. The van der Waals surface area contributed by atoms with Crippen LogP contribution in [0.5, 0.6) is 0 Å². The number of rotatable bonds is 6. The number of carbonyl (C=O) groups excluding carboxylic acids is 1. The number of aryl methyl sites for hydroxylation is 2. The Morgan fingerprint density at radius 2 is 1.89 bits per heavy atom. The monoisotopic (exact) mass is 402 g/mol. The van der Waals surface area contributed by atoms with E-state index in [9.17, 15) is 17.6 Å². The molecule has 0 aliphatic carbocycles. The van der Waals surface area contributed by atoms with Gasteiger partial charge in [-0.3, -0.25) is 9.48 Å². The van der Waals surface area contributed by atoms with Gasteiger partial charge in [-0.05, 0) is 37.3 Å². The molecule has 146 valence electrons. The standard InChI is InChI=1S/C19H19FN4O3S/c1-13-3-5-17(6-4-13)24(28(26)27)18-8-15(7-16(20)9-18)19(25)21-10-14-11-22-23(2)12-14/h3-9,11-12,28H,10H2,1-2H3,(H,21,25). The second-order valence-electron chi connectivity index (χ2n) is 6.29. The van der Waals surface area contributed by atoms with E-state index in [0.717, 1.165) is 27.6 Å². The molecule has 0 unspecified atom stereocenters. The predicted molar refractivity (Wildman–Crippen MR) is 104 cm³/mol. The Morgan fingerprint density at radius 3 is 2.50 bits per heavy atom. The maximum Gasteiger partial charge on any atom is 0.251 e. The van der Waals surface area contributed by atoms with Gasteiger partial charge in [0.25, 0.3) is 5.91 Å². The Bertz CT molecular complexity index is 1070. The van der Waals surface area contributed by atoms with Crippen molar-refractivity contribution in [2.75, 3.05) is 4.31 Å². The highest BCUT2D eigenvalue weighted by Crippen LogP contribution is 2.27. The highest BCUT2D eigenvalue weighted by molar-refractivity contribution is 7.74. The smallest absolute Gasteiger partial charge is 0.251 e. The Labute approximate surface area is 163 Å². The lowest BCUT2D eigenvalue weighted by molar-refractivity contribution is 0.0950. The molecule has 0 saturated carbocycles. The molecule has 0 aliphatic heterocycles. The van der Waals surface area contributed by atoms with Crippen molar-refractivity contribution in [3.05, 3.63) is 77.4 Å². The fraction of sp³-hybridized carbons (Fsp3) is 0.158. The molecule has 0 saturated heterocycles. The molecule has 28 heavy (non-hydrogen) atoms. The van der Waals surface area contributed by atoms with Crippen LogP contribution in [0.1, 0.15) is 21.5 Å². The van der Waals surface area contributed by atoms with Gasteiger partial charge < -0.3 is 5.32 Å².